The van der Waals surface area contributed by atoms with Gasteiger partial charge in [0.25, 0.3) is 0 Å². The van der Waals surface area contributed by atoms with Gasteiger partial charge in [0.05, 0.1) is 13.2 Å². The average molecular weight is 370 g/mol. The van der Waals surface area contributed by atoms with Gasteiger partial charge in [-0.15, -0.1) is 0 Å². The molecule has 1 heterocycles. The molecule has 1 aliphatic heterocycles. The van der Waals surface area contributed by atoms with Crippen LogP contribution in [-0.2, 0) is 14.3 Å². The summed E-state index contributed by atoms with van der Waals surface area (Å²) in [5.41, 5.74) is 1.76. The number of rotatable bonds is 5. The minimum atomic E-state index is -0.330. The Labute approximate surface area is 138 Å². The van der Waals surface area contributed by atoms with Crippen LogP contribution in [0.25, 0.3) is 0 Å². The fourth-order valence-electron chi connectivity index (χ4n) is 2.10. The lowest BCUT2D eigenvalue weighted by Gasteiger charge is -2.22. The van der Waals surface area contributed by atoms with Crippen molar-refractivity contribution in [1.82, 2.24) is 10.6 Å². The summed E-state index contributed by atoms with van der Waals surface area (Å²) in [5.74, 6) is -0.263. The highest BCUT2D eigenvalue weighted by atomic mass is 79.9. The molecule has 1 aromatic carbocycles. The number of ether oxygens (including phenoxy) is 1. The van der Waals surface area contributed by atoms with E-state index in [1.807, 2.05) is 25.1 Å². The number of carbonyl (C=O) groups excluding carboxylic acids is 2. The lowest BCUT2D eigenvalue weighted by molar-refractivity contribution is -0.126. The SMILES string of the molecule is Cc1ccc(Br)cc1NC(=O)CCNC(=O)C1COCCN1. The maximum Gasteiger partial charge on any atom is 0.239 e. The summed E-state index contributed by atoms with van der Waals surface area (Å²) in [5, 5.41) is 8.65. The van der Waals surface area contributed by atoms with E-state index in [1.165, 1.54) is 0 Å². The molecule has 1 saturated heterocycles. The molecule has 7 heteroatoms. The van der Waals surface area contributed by atoms with Gasteiger partial charge in [-0.2, -0.15) is 0 Å². The fraction of sp³-hybridized carbons (Fsp3) is 0.467. The van der Waals surface area contributed by atoms with Crippen LogP contribution in [0, 0.1) is 6.92 Å². The van der Waals surface area contributed by atoms with E-state index < -0.39 is 0 Å². The molecular formula is C15H20BrN3O3. The molecule has 1 aromatic rings. The smallest absolute Gasteiger partial charge is 0.239 e. The molecule has 1 atom stereocenters. The van der Waals surface area contributed by atoms with E-state index in [-0.39, 0.29) is 24.3 Å². The molecule has 0 spiro atoms. The standard InChI is InChI=1S/C15H20BrN3O3/c1-10-2-3-11(16)8-12(10)19-14(20)4-5-18-15(21)13-9-22-7-6-17-13/h2-3,8,13,17H,4-7,9H2,1H3,(H,18,21)(H,19,20). The fourth-order valence-corrected chi connectivity index (χ4v) is 2.46. The van der Waals surface area contributed by atoms with E-state index in [2.05, 4.69) is 31.9 Å². The van der Waals surface area contributed by atoms with Crippen molar-refractivity contribution >= 4 is 33.4 Å². The number of nitrogens with one attached hydrogen (secondary N) is 3. The van der Waals surface area contributed by atoms with Gasteiger partial charge in [0, 0.05) is 29.7 Å². The maximum absolute atomic E-state index is 11.9. The molecule has 22 heavy (non-hydrogen) atoms. The lowest BCUT2D eigenvalue weighted by atomic mass is 10.2. The van der Waals surface area contributed by atoms with Crippen molar-refractivity contribution < 1.29 is 14.3 Å². The van der Waals surface area contributed by atoms with Crippen molar-refractivity contribution in [3.05, 3.63) is 28.2 Å². The minimum absolute atomic E-state index is 0.130. The molecule has 0 aromatic heterocycles. The normalized spacial score (nSPS) is 17.8. The van der Waals surface area contributed by atoms with Gasteiger partial charge < -0.3 is 20.7 Å². The molecule has 120 valence electrons. The highest BCUT2D eigenvalue weighted by Gasteiger charge is 2.20. The van der Waals surface area contributed by atoms with E-state index in [4.69, 9.17) is 4.74 Å². The van der Waals surface area contributed by atoms with Crippen molar-refractivity contribution in [3.63, 3.8) is 0 Å². The maximum atomic E-state index is 11.9. The molecule has 1 unspecified atom stereocenters. The molecule has 0 aliphatic carbocycles. The van der Waals surface area contributed by atoms with Crippen molar-refractivity contribution in [1.29, 1.82) is 0 Å². The Hall–Kier alpha value is -1.44. The number of amides is 2. The summed E-state index contributed by atoms with van der Waals surface area (Å²) in [6, 6.07) is 5.37. The molecule has 2 amide bonds. The Balaban J connectivity index is 1.73. The predicted octanol–water partition coefficient (Wildman–Crippen LogP) is 1.19. The Bertz CT molecular complexity index is 545. The Morgan fingerprint density at radius 2 is 2.27 bits per heavy atom. The topological polar surface area (TPSA) is 79.5 Å². The van der Waals surface area contributed by atoms with E-state index >= 15 is 0 Å². The second-order valence-corrected chi connectivity index (χ2v) is 6.05. The summed E-state index contributed by atoms with van der Waals surface area (Å²) in [4.78, 5) is 23.8. The highest BCUT2D eigenvalue weighted by Crippen LogP contribution is 2.20. The monoisotopic (exact) mass is 369 g/mol. The van der Waals surface area contributed by atoms with E-state index in [1.54, 1.807) is 0 Å². The number of carbonyl (C=O) groups is 2. The zero-order valence-corrected chi connectivity index (χ0v) is 14.0. The Morgan fingerprint density at radius 3 is 3.00 bits per heavy atom. The van der Waals surface area contributed by atoms with Crippen LogP contribution >= 0.6 is 15.9 Å². The number of hydrogen-bond donors (Lipinski definition) is 3. The van der Waals surface area contributed by atoms with Crippen LogP contribution in [0.5, 0.6) is 0 Å². The number of hydrogen-bond acceptors (Lipinski definition) is 4. The van der Waals surface area contributed by atoms with Gasteiger partial charge >= 0.3 is 0 Å². The van der Waals surface area contributed by atoms with Gasteiger partial charge in [-0.25, -0.2) is 0 Å². The van der Waals surface area contributed by atoms with Crippen molar-refractivity contribution in [2.24, 2.45) is 0 Å². The van der Waals surface area contributed by atoms with E-state index in [0.29, 0.717) is 26.3 Å². The molecule has 0 radical (unpaired) electrons. The zero-order valence-electron chi connectivity index (χ0n) is 12.4. The quantitative estimate of drug-likeness (QED) is 0.728. The molecule has 1 fully saturated rings. The number of anilines is 1. The third kappa shape index (κ3) is 5.08. The van der Waals surface area contributed by atoms with Crippen LogP contribution < -0.4 is 16.0 Å². The van der Waals surface area contributed by atoms with Gasteiger partial charge in [-0.05, 0) is 24.6 Å². The van der Waals surface area contributed by atoms with E-state index in [9.17, 15) is 9.59 Å². The average Bonchev–Trinajstić information content (AvgIpc) is 2.51. The van der Waals surface area contributed by atoms with Gasteiger partial charge in [-0.3, -0.25) is 9.59 Å². The summed E-state index contributed by atoms with van der Waals surface area (Å²) in [6.07, 6.45) is 0.227. The summed E-state index contributed by atoms with van der Waals surface area (Å²) in [6.45, 7) is 3.89. The predicted molar refractivity (Wildman–Crippen MR) is 87.7 cm³/mol. The highest BCUT2D eigenvalue weighted by molar-refractivity contribution is 9.10. The van der Waals surface area contributed by atoms with Crippen LogP contribution in [0.1, 0.15) is 12.0 Å². The second-order valence-electron chi connectivity index (χ2n) is 5.13. The first-order chi connectivity index (χ1) is 10.6. The first-order valence-corrected chi connectivity index (χ1v) is 8.00. The number of morpholine rings is 1. The van der Waals surface area contributed by atoms with Gasteiger partial charge in [0.15, 0.2) is 0 Å². The Morgan fingerprint density at radius 1 is 1.45 bits per heavy atom. The lowest BCUT2D eigenvalue weighted by Crippen LogP contribution is -2.51. The number of halogens is 1. The molecule has 0 bridgehead atoms. The number of aryl methyl sites for hydroxylation is 1. The first kappa shape index (κ1) is 16.9. The van der Waals surface area contributed by atoms with Crippen LogP contribution in [0.15, 0.2) is 22.7 Å². The summed E-state index contributed by atoms with van der Waals surface area (Å²) < 4.78 is 6.13. The first-order valence-electron chi connectivity index (χ1n) is 7.21. The van der Waals surface area contributed by atoms with Crippen molar-refractivity contribution in [2.45, 2.75) is 19.4 Å². The molecular weight excluding hydrogens is 350 g/mol. The van der Waals surface area contributed by atoms with Crippen molar-refractivity contribution in [2.75, 3.05) is 31.6 Å². The van der Waals surface area contributed by atoms with E-state index in [0.717, 1.165) is 15.7 Å². The van der Waals surface area contributed by atoms with Crippen LogP contribution in [-0.4, -0.2) is 44.2 Å². The van der Waals surface area contributed by atoms with Crippen LogP contribution in [0.2, 0.25) is 0 Å². The third-order valence-electron chi connectivity index (χ3n) is 3.36. The molecule has 0 saturated carbocycles. The second kappa shape index (κ2) is 8.26. The van der Waals surface area contributed by atoms with Crippen LogP contribution in [0.4, 0.5) is 5.69 Å². The largest absolute Gasteiger partial charge is 0.378 e. The van der Waals surface area contributed by atoms with Crippen molar-refractivity contribution in [3.8, 4) is 0 Å². The number of benzene rings is 1. The Kier molecular flexibility index (Phi) is 6.35. The third-order valence-corrected chi connectivity index (χ3v) is 3.86. The summed E-state index contributed by atoms with van der Waals surface area (Å²) in [7, 11) is 0. The van der Waals surface area contributed by atoms with Gasteiger partial charge in [0.1, 0.15) is 6.04 Å². The molecule has 6 nitrogen and oxygen atoms in total. The van der Waals surface area contributed by atoms with Gasteiger partial charge in [-0.1, -0.05) is 22.0 Å². The molecule has 1 aliphatic rings. The zero-order chi connectivity index (χ0) is 15.9. The molecule has 2 rings (SSSR count). The minimum Gasteiger partial charge on any atom is -0.378 e. The summed E-state index contributed by atoms with van der Waals surface area (Å²) >= 11 is 3.37. The molecule has 3 N–H and O–H groups in total. The van der Waals surface area contributed by atoms with Crippen LogP contribution in [0.3, 0.4) is 0 Å². The van der Waals surface area contributed by atoms with Gasteiger partial charge in [0.2, 0.25) is 11.8 Å².